The number of hydrogen-bond donors (Lipinski definition) is 1. The molecular formula is C14H14N4O2. The minimum atomic E-state index is -0.472. The smallest absolute Gasteiger partial charge is 0.344 e. The van der Waals surface area contributed by atoms with Crippen molar-refractivity contribution in [2.45, 2.75) is 6.92 Å². The van der Waals surface area contributed by atoms with Crippen molar-refractivity contribution >= 4 is 34.0 Å². The molecule has 3 aromatic rings. The first-order chi connectivity index (χ1) is 9.63. The summed E-state index contributed by atoms with van der Waals surface area (Å²) in [6.45, 7) is 2.04. The molecule has 0 saturated heterocycles. The molecule has 6 nitrogen and oxygen atoms in total. The van der Waals surface area contributed by atoms with Gasteiger partial charge in [-0.3, -0.25) is 0 Å². The molecule has 20 heavy (non-hydrogen) atoms. The molecule has 0 unspecified atom stereocenters. The number of benzene rings is 1. The van der Waals surface area contributed by atoms with Crippen molar-refractivity contribution < 1.29 is 9.53 Å². The van der Waals surface area contributed by atoms with Gasteiger partial charge in [0.15, 0.2) is 5.65 Å². The number of nitrogen functional groups attached to an aromatic ring is 1. The number of aromatic nitrogens is 3. The number of rotatable bonds is 2. The Balaban J connectivity index is 2.37. The van der Waals surface area contributed by atoms with E-state index in [1.54, 1.807) is 18.5 Å². The molecule has 0 atom stereocenters. The standard InChI is InChI=1S/C14H14N4O2/c1-3-20-14(19)10-11-13(18(2)12(10)15)17-9-7-5-4-6-8(9)16-11/h4-7H,3,15H2,1-2H3. The Bertz CT molecular complexity index is 823. The second-order valence-corrected chi connectivity index (χ2v) is 4.42. The third-order valence-electron chi connectivity index (χ3n) is 3.20. The van der Waals surface area contributed by atoms with E-state index in [-0.39, 0.29) is 12.2 Å². The summed E-state index contributed by atoms with van der Waals surface area (Å²) < 4.78 is 6.70. The summed E-state index contributed by atoms with van der Waals surface area (Å²) in [5.41, 5.74) is 8.80. The Morgan fingerprint density at radius 3 is 2.60 bits per heavy atom. The molecule has 102 valence electrons. The summed E-state index contributed by atoms with van der Waals surface area (Å²) >= 11 is 0. The van der Waals surface area contributed by atoms with Crippen LogP contribution in [0.2, 0.25) is 0 Å². The third kappa shape index (κ3) is 1.69. The highest BCUT2D eigenvalue weighted by molar-refractivity contribution is 6.08. The highest BCUT2D eigenvalue weighted by Gasteiger charge is 2.23. The van der Waals surface area contributed by atoms with Crippen molar-refractivity contribution in [1.82, 2.24) is 14.5 Å². The molecule has 2 heterocycles. The number of aryl methyl sites for hydroxylation is 1. The second kappa shape index (κ2) is 4.48. The maximum Gasteiger partial charge on any atom is 0.344 e. The van der Waals surface area contributed by atoms with Crippen LogP contribution < -0.4 is 5.73 Å². The van der Waals surface area contributed by atoms with Crippen molar-refractivity contribution in [1.29, 1.82) is 0 Å². The van der Waals surface area contributed by atoms with E-state index in [9.17, 15) is 4.79 Å². The molecule has 0 radical (unpaired) electrons. The van der Waals surface area contributed by atoms with E-state index < -0.39 is 5.97 Å². The lowest BCUT2D eigenvalue weighted by molar-refractivity contribution is 0.0529. The number of ether oxygens (including phenoxy) is 1. The summed E-state index contributed by atoms with van der Waals surface area (Å²) in [6.07, 6.45) is 0. The number of carbonyl (C=O) groups is 1. The average Bonchev–Trinajstić information content (AvgIpc) is 2.69. The van der Waals surface area contributed by atoms with Crippen LogP contribution in [-0.4, -0.2) is 27.1 Å². The van der Waals surface area contributed by atoms with Crippen LogP contribution in [-0.2, 0) is 11.8 Å². The van der Waals surface area contributed by atoms with Crippen LogP contribution >= 0.6 is 0 Å². The van der Waals surface area contributed by atoms with Gasteiger partial charge in [-0.1, -0.05) is 12.1 Å². The molecule has 0 aliphatic heterocycles. The van der Waals surface area contributed by atoms with Gasteiger partial charge in [-0.15, -0.1) is 0 Å². The molecular weight excluding hydrogens is 256 g/mol. The first-order valence-corrected chi connectivity index (χ1v) is 6.31. The number of para-hydroxylation sites is 2. The fraction of sp³-hybridized carbons (Fsp3) is 0.214. The van der Waals surface area contributed by atoms with E-state index in [4.69, 9.17) is 10.5 Å². The molecule has 2 aromatic heterocycles. The van der Waals surface area contributed by atoms with Crippen molar-refractivity contribution in [3.05, 3.63) is 29.8 Å². The molecule has 0 spiro atoms. The summed E-state index contributed by atoms with van der Waals surface area (Å²) in [6, 6.07) is 7.48. The Morgan fingerprint density at radius 2 is 1.95 bits per heavy atom. The van der Waals surface area contributed by atoms with Crippen LogP contribution in [0.25, 0.3) is 22.2 Å². The summed E-state index contributed by atoms with van der Waals surface area (Å²) in [7, 11) is 1.75. The lowest BCUT2D eigenvalue weighted by Crippen LogP contribution is -2.08. The lowest BCUT2D eigenvalue weighted by Gasteiger charge is -2.01. The van der Waals surface area contributed by atoms with Gasteiger partial charge in [0, 0.05) is 7.05 Å². The quantitative estimate of drug-likeness (QED) is 0.719. The van der Waals surface area contributed by atoms with Crippen molar-refractivity contribution in [2.24, 2.45) is 7.05 Å². The molecule has 0 bridgehead atoms. The van der Waals surface area contributed by atoms with Gasteiger partial charge in [0.05, 0.1) is 17.6 Å². The van der Waals surface area contributed by atoms with Gasteiger partial charge in [0.2, 0.25) is 0 Å². The molecule has 2 N–H and O–H groups in total. The topological polar surface area (TPSA) is 83.0 Å². The average molecular weight is 270 g/mol. The summed E-state index contributed by atoms with van der Waals surface area (Å²) in [5, 5.41) is 0. The molecule has 3 rings (SSSR count). The molecule has 0 aliphatic carbocycles. The zero-order valence-electron chi connectivity index (χ0n) is 11.3. The number of esters is 1. The Morgan fingerprint density at radius 1 is 1.30 bits per heavy atom. The van der Waals surface area contributed by atoms with Crippen molar-refractivity contribution in [2.75, 3.05) is 12.3 Å². The number of nitrogens with zero attached hydrogens (tertiary/aromatic N) is 3. The Kier molecular flexibility index (Phi) is 2.78. The molecule has 0 fully saturated rings. The van der Waals surface area contributed by atoms with E-state index in [1.807, 2.05) is 24.3 Å². The minimum Gasteiger partial charge on any atom is -0.462 e. The van der Waals surface area contributed by atoms with Crippen molar-refractivity contribution in [3.63, 3.8) is 0 Å². The van der Waals surface area contributed by atoms with E-state index in [0.717, 1.165) is 11.0 Å². The second-order valence-electron chi connectivity index (χ2n) is 4.42. The number of hydrogen-bond acceptors (Lipinski definition) is 5. The zero-order chi connectivity index (χ0) is 14.3. The zero-order valence-corrected chi connectivity index (χ0v) is 11.3. The predicted molar refractivity (Wildman–Crippen MR) is 76.4 cm³/mol. The normalized spacial score (nSPS) is 11.1. The highest BCUT2D eigenvalue weighted by atomic mass is 16.5. The van der Waals surface area contributed by atoms with Crippen molar-refractivity contribution in [3.8, 4) is 0 Å². The molecule has 0 saturated carbocycles. The Hall–Kier alpha value is -2.63. The van der Waals surface area contributed by atoms with Gasteiger partial charge in [-0.25, -0.2) is 14.8 Å². The van der Waals surface area contributed by atoms with E-state index in [2.05, 4.69) is 9.97 Å². The van der Waals surface area contributed by atoms with Gasteiger partial charge in [0.1, 0.15) is 16.9 Å². The molecule has 0 amide bonds. The van der Waals surface area contributed by atoms with Gasteiger partial charge >= 0.3 is 5.97 Å². The molecule has 6 heteroatoms. The number of anilines is 1. The fourth-order valence-corrected chi connectivity index (χ4v) is 2.20. The number of fused-ring (bicyclic) bond motifs is 2. The largest absolute Gasteiger partial charge is 0.462 e. The van der Waals surface area contributed by atoms with E-state index >= 15 is 0 Å². The first kappa shape index (κ1) is 12.4. The highest BCUT2D eigenvalue weighted by Crippen LogP contribution is 2.27. The van der Waals surface area contributed by atoms with Gasteiger partial charge < -0.3 is 15.0 Å². The summed E-state index contributed by atoms with van der Waals surface area (Å²) in [5.74, 6) is -0.158. The minimum absolute atomic E-state index is 0.280. The lowest BCUT2D eigenvalue weighted by atomic mass is 10.2. The first-order valence-electron chi connectivity index (χ1n) is 6.31. The van der Waals surface area contributed by atoms with Crippen LogP contribution in [0.15, 0.2) is 24.3 Å². The van der Waals surface area contributed by atoms with Crippen LogP contribution in [0.5, 0.6) is 0 Å². The van der Waals surface area contributed by atoms with E-state index in [1.165, 1.54) is 0 Å². The number of carbonyl (C=O) groups excluding carboxylic acids is 1. The van der Waals surface area contributed by atoms with Gasteiger partial charge in [-0.05, 0) is 19.1 Å². The fourth-order valence-electron chi connectivity index (χ4n) is 2.20. The van der Waals surface area contributed by atoms with Gasteiger partial charge in [0.25, 0.3) is 0 Å². The van der Waals surface area contributed by atoms with Crippen LogP contribution in [0, 0.1) is 0 Å². The van der Waals surface area contributed by atoms with E-state index in [0.29, 0.717) is 17.0 Å². The molecule has 0 aliphatic rings. The Labute approximate surface area is 115 Å². The number of nitrogens with two attached hydrogens (primary N) is 1. The maximum atomic E-state index is 12.0. The predicted octanol–water partition coefficient (Wildman–Crippen LogP) is 1.88. The third-order valence-corrected chi connectivity index (χ3v) is 3.20. The monoisotopic (exact) mass is 270 g/mol. The van der Waals surface area contributed by atoms with Crippen LogP contribution in [0.3, 0.4) is 0 Å². The maximum absolute atomic E-state index is 12.0. The van der Waals surface area contributed by atoms with Crippen LogP contribution in [0.4, 0.5) is 5.82 Å². The molecule has 1 aromatic carbocycles. The summed E-state index contributed by atoms with van der Waals surface area (Å²) in [4.78, 5) is 21.1. The van der Waals surface area contributed by atoms with Crippen LogP contribution in [0.1, 0.15) is 17.3 Å². The van der Waals surface area contributed by atoms with Gasteiger partial charge in [-0.2, -0.15) is 0 Å². The SMILES string of the molecule is CCOC(=O)c1c(N)n(C)c2nc3ccccc3nc12.